The van der Waals surface area contributed by atoms with Gasteiger partial charge in [-0.3, -0.25) is 14.2 Å². The van der Waals surface area contributed by atoms with Gasteiger partial charge in [0.05, 0.1) is 12.9 Å². The highest BCUT2D eigenvalue weighted by atomic mass is 79.9. The minimum Gasteiger partial charge on any atom is -0.377 e. The van der Waals surface area contributed by atoms with Crippen LogP contribution in [0.5, 0.6) is 0 Å². The lowest BCUT2D eigenvalue weighted by atomic mass is 10.4. The van der Waals surface area contributed by atoms with Crippen molar-refractivity contribution in [3.8, 4) is 0 Å². The van der Waals surface area contributed by atoms with Crippen molar-refractivity contribution in [1.82, 2.24) is 9.55 Å². The van der Waals surface area contributed by atoms with E-state index in [2.05, 4.69) is 25.7 Å². The van der Waals surface area contributed by atoms with Crippen molar-refractivity contribution >= 4 is 21.7 Å². The summed E-state index contributed by atoms with van der Waals surface area (Å²) in [7, 11) is 1.43. The molecule has 0 aromatic carbocycles. The number of hydrogen-bond acceptors (Lipinski definition) is 4. The van der Waals surface area contributed by atoms with Crippen molar-refractivity contribution in [3.05, 3.63) is 27.4 Å². The first-order valence-electron chi connectivity index (χ1n) is 3.85. The third-order valence-corrected chi connectivity index (χ3v) is 2.06. The molecule has 0 aliphatic carbocycles. The molecule has 0 atom stereocenters. The van der Waals surface area contributed by atoms with Gasteiger partial charge in [0.2, 0.25) is 0 Å². The second-order valence-corrected chi connectivity index (χ2v) is 3.50. The molecule has 0 spiro atoms. The molecular formula is C8H9BrN2O3. The fraction of sp³-hybridized carbons (Fsp3) is 0.375. The topological polar surface area (TPSA) is 61.2 Å². The Kier molecular flexibility index (Phi) is 3.97. The third-order valence-electron chi connectivity index (χ3n) is 1.51. The smallest absolute Gasteiger partial charge is 0.268 e. The van der Waals surface area contributed by atoms with Gasteiger partial charge in [-0.25, -0.2) is 4.98 Å². The van der Waals surface area contributed by atoms with E-state index in [4.69, 9.17) is 0 Å². The molecule has 6 heteroatoms. The van der Waals surface area contributed by atoms with Crippen molar-refractivity contribution in [2.45, 2.75) is 6.54 Å². The maximum Gasteiger partial charge on any atom is 0.268 e. The Bertz CT molecular complexity index is 388. The normalized spacial score (nSPS) is 10.1. The molecule has 1 rings (SSSR count). The Morgan fingerprint density at radius 3 is 3.07 bits per heavy atom. The van der Waals surface area contributed by atoms with Crippen LogP contribution in [-0.4, -0.2) is 29.1 Å². The van der Waals surface area contributed by atoms with Crippen LogP contribution in [0.2, 0.25) is 0 Å². The molecule has 0 amide bonds. The fourth-order valence-corrected chi connectivity index (χ4v) is 1.28. The molecule has 76 valence electrons. The van der Waals surface area contributed by atoms with Crippen LogP contribution >= 0.6 is 15.9 Å². The van der Waals surface area contributed by atoms with Crippen LogP contribution in [0.15, 0.2) is 21.8 Å². The number of halogens is 1. The molecule has 0 saturated heterocycles. The van der Waals surface area contributed by atoms with Crippen LogP contribution in [0.25, 0.3) is 0 Å². The summed E-state index contributed by atoms with van der Waals surface area (Å²) < 4.78 is 6.21. The lowest BCUT2D eigenvalue weighted by Crippen LogP contribution is -2.26. The molecule has 5 nitrogen and oxygen atoms in total. The lowest BCUT2D eigenvalue weighted by molar-refractivity contribution is -0.123. The summed E-state index contributed by atoms with van der Waals surface area (Å²) in [5.41, 5.74) is -0.274. The summed E-state index contributed by atoms with van der Waals surface area (Å²) in [4.78, 5) is 26.3. The first kappa shape index (κ1) is 11.1. The molecule has 1 aromatic heterocycles. The summed E-state index contributed by atoms with van der Waals surface area (Å²) in [6.07, 6.45) is 2.71. The summed E-state index contributed by atoms with van der Waals surface area (Å²) in [6, 6.07) is 0. The van der Waals surface area contributed by atoms with E-state index in [1.165, 1.54) is 24.2 Å². The molecule has 0 radical (unpaired) electrons. The average Bonchev–Trinajstić information content (AvgIpc) is 2.13. The van der Waals surface area contributed by atoms with Crippen LogP contribution in [0.1, 0.15) is 0 Å². The zero-order valence-corrected chi connectivity index (χ0v) is 9.15. The highest BCUT2D eigenvalue weighted by molar-refractivity contribution is 9.10. The number of carbonyl (C=O) groups is 1. The van der Waals surface area contributed by atoms with E-state index in [1.807, 2.05) is 0 Å². The third kappa shape index (κ3) is 2.74. The second-order valence-electron chi connectivity index (χ2n) is 2.65. The highest BCUT2D eigenvalue weighted by Gasteiger charge is 2.05. The van der Waals surface area contributed by atoms with Crippen molar-refractivity contribution in [1.29, 1.82) is 0 Å². The first-order valence-corrected chi connectivity index (χ1v) is 4.65. The maximum absolute atomic E-state index is 11.4. The minimum atomic E-state index is -0.274. The molecule has 0 bridgehead atoms. The van der Waals surface area contributed by atoms with E-state index in [0.717, 1.165) is 0 Å². The number of methoxy groups -OCH3 is 1. The van der Waals surface area contributed by atoms with Crippen molar-refractivity contribution < 1.29 is 9.53 Å². The van der Waals surface area contributed by atoms with Gasteiger partial charge in [-0.2, -0.15) is 0 Å². The van der Waals surface area contributed by atoms with Gasteiger partial charge in [0.15, 0.2) is 5.78 Å². The van der Waals surface area contributed by atoms with Crippen LogP contribution in [0, 0.1) is 0 Å². The van der Waals surface area contributed by atoms with Crippen LogP contribution < -0.4 is 5.56 Å². The van der Waals surface area contributed by atoms with Gasteiger partial charge >= 0.3 is 0 Å². The molecule has 0 aliphatic heterocycles. The van der Waals surface area contributed by atoms with Crippen molar-refractivity contribution in [3.63, 3.8) is 0 Å². The number of Topliss-reactive ketones (excluding diaryl/α,β-unsaturated/α-hetero) is 1. The largest absolute Gasteiger partial charge is 0.377 e. The van der Waals surface area contributed by atoms with Crippen molar-refractivity contribution in [2.75, 3.05) is 13.7 Å². The molecule has 1 heterocycles. The summed E-state index contributed by atoms with van der Waals surface area (Å²) in [6.45, 7) is -0.0158. The van der Waals surface area contributed by atoms with E-state index in [9.17, 15) is 9.59 Å². The summed E-state index contributed by atoms with van der Waals surface area (Å²) >= 11 is 3.04. The van der Waals surface area contributed by atoms with Gasteiger partial charge < -0.3 is 4.74 Å². The molecule has 0 N–H and O–H groups in total. The highest BCUT2D eigenvalue weighted by Crippen LogP contribution is 1.97. The SMILES string of the molecule is COCC(=O)Cn1cncc(Br)c1=O. The van der Waals surface area contributed by atoms with Crippen LogP contribution in [0.3, 0.4) is 0 Å². The number of hydrogen-bond donors (Lipinski definition) is 0. The zero-order valence-electron chi connectivity index (χ0n) is 7.57. The van der Waals surface area contributed by atoms with Gasteiger partial charge in [0, 0.05) is 13.3 Å². The fourth-order valence-electron chi connectivity index (χ4n) is 0.933. The van der Waals surface area contributed by atoms with E-state index < -0.39 is 0 Å². The van der Waals surface area contributed by atoms with Gasteiger partial charge in [0.25, 0.3) is 5.56 Å². The molecule has 0 unspecified atom stereocenters. The average molecular weight is 261 g/mol. The summed E-state index contributed by atoms with van der Waals surface area (Å²) in [5.74, 6) is -0.172. The number of ketones is 1. The Balaban J connectivity index is 2.82. The number of carbonyl (C=O) groups excluding carboxylic acids is 1. The van der Waals surface area contributed by atoms with E-state index >= 15 is 0 Å². The molecule has 0 saturated carbocycles. The predicted molar refractivity (Wildman–Crippen MR) is 53.1 cm³/mol. The minimum absolute atomic E-state index is 0.00104. The van der Waals surface area contributed by atoms with Crippen LogP contribution in [-0.2, 0) is 16.1 Å². The number of rotatable bonds is 4. The molecule has 14 heavy (non-hydrogen) atoms. The van der Waals surface area contributed by atoms with E-state index in [-0.39, 0.29) is 24.5 Å². The van der Waals surface area contributed by atoms with Gasteiger partial charge in [0.1, 0.15) is 11.1 Å². The van der Waals surface area contributed by atoms with Gasteiger partial charge in [-0.15, -0.1) is 0 Å². The van der Waals surface area contributed by atoms with Crippen LogP contribution in [0.4, 0.5) is 0 Å². The Hall–Kier alpha value is -1.01. The standard InChI is InChI=1S/C8H9BrN2O3/c1-14-4-6(12)3-11-5-10-2-7(9)8(11)13/h2,5H,3-4H2,1H3. The monoisotopic (exact) mass is 260 g/mol. The molecular weight excluding hydrogens is 252 g/mol. The van der Waals surface area contributed by atoms with Crippen molar-refractivity contribution in [2.24, 2.45) is 0 Å². The Labute approximate surface area is 88.8 Å². The molecule has 0 fully saturated rings. The number of ether oxygens (including phenoxy) is 1. The first-order chi connectivity index (χ1) is 6.65. The van der Waals surface area contributed by atoms with Gasteiger partial charge in [-0.05, 0) is 15.9 Å². The predicted octanol–water partition coefficient (Wildman–Crippen LogP) is 0.221. The second kappa shape index (κ2) is 5.02. The van der Waals surface area contributed by atoms with E-state index in [1.54, 1.807) is 0 Å². The lowest BCUT2D eigenvalue weighted by Gasteiger charge is -2.03. The Morgan fingerprint density at radius 1 is 1.71 bits per heavy atom. The number of nitrogens with zero attached hydrogens (tertiary/aromatic N) is 2. The van der Waals surface area contributed by atoms with Gasteiger partial charge in [-0.1, -0.05) is 0 Å². The maximum atomic E-state index is 11.4. The molecule has 1 aromatic rings. The van der Waals surface area contributed by atoms with E-state index in [0.29, 0.717) is 4.47 Å². The zero-order chi connectivity index (χ0) is 10.6. The number of aromatic nitrogens is 2. The molecule has 0 aliphatic rings. The quantitative estimate of drug-likeness (QED) is 0.777. The summed E-state index contributed by atoms with van der Waals surface area (Å²) in [5, 5.41) is 0. The Morgan fingerprint density at radius 2 is 2.43 bits per heavy atom.